The van der Waals surface area contributed by atoms with Crippen molar-refractivity contribution in [1.29, 1.82) is 0 Å². The highest BCUT2D eigenvalue weighted by molar-refractivity contribution is 9.09. The normalized spacial score (nSPS) is 13.1. The van der Waals surface area contributed by atoms with E-state index in [0.29, 0.717) is 10.9 Å². The second kappa shape index (κ2) is 6.12. The molecule has 84 valence electrons. The lowest BCUT2D eigenvalue weighted by Crippen LogP contribution is -2.11. The van der Waals surface area contributed by atoms with Gasteiger partial charge < -0.3 is 4.74 Å². The number of benzene rings is 1. The molecule has 0 heterocycles. The van der Waals surface area contributed by atoms with Crippen LogP contribution in [0.2, 0.25) is 0 Å². The van der Waals surface area contributed by atoms with Gasteiger partial charge in [-0.25, -0.2) is 13.2 Å². The molecule has 1 rings (SSSR count). The predicted molar refractivity (Wildman–Crippen MR) is 54.9 cm³/mol. The Balaban J connectivity index is 2.61. The van der Waals surface area contributed by atoms with Crippen LogP contribution in [0.1, 0.15) is 11.7 Å². The van der Waals surface area contributed by atoms with Crippen molar-refractivity contribution in [3.8, 4) is 0 Å². The van der Waals surface area contributed by atoms with Gasteiger partial charge in [-0.05, 0) is 17.7 Å². The highest BCUT2D eigenvalue weighted by atomic mass is 79.9. The second-order valence-corrected chi connectivity index (χ2v) is 3.57. The third kappa shape index (κ3) is 4.22. The van der Waals surface area contributed by atoms with Crippen LogP contribution in [-0.2, 0) is 4.74 Å². The zero-order valence-corrected chi connectivity index (χ0v) is 9.38. The lowest BCUT2D eigenvalue weighted by Gasteiger charge is -2.15. The Morgan fingerprint density at radius 1 is 1.20 bits per heavy atom. The summed E-state index contributed by atoms with van der Waals surface area (Å²) in [7, 11) is 0. The van der Waals surface area contributed by atoms with Crippen LogP contribution in [0.3, 0.4) is 0 Å². The summed E-state index contributed by atoms with van der Waals surface area (Å²) in [5, 5.41) is 0.394. The van der Waals surface area contributed by atoms with Crippen LogP contribution in [0.15, 0.2) is 24.3 Å². The van der Waals surface area contributed by atoms with Gasteiger partial charge >= 0.3 is 0 Å². The molecule has 1 atom stereocenters. The Morgan fingerprint density at radius 3 is 2.27 bits per heavy atom. The van der Waals surface area contributed by atoms with Gasteiger partial charge in [0.2, 0.25) is 0 Å². The molecule has 0 saturated heterocycles. The Hall–Kier alpha value is -0.550. The Morgan fingerprint density at radius 2 is 1.80 bits per heavy atom. The molecular formula is C10H10BrF3O. The Kier molecular flexibility index (Phi) is 5.11. The average Bonchev–Trinajstić information content (AvgIpc) is 2.21. The number of halogens is 4. The lowest BCUT2D eigenvalue weighted by molar-refractivity contribution is -0.0159. The second-order valence-electron chi connectivity index (χ2n) is 2.92. The molecule has 0 amide bonds. The van der Waals surface area contributed by atoms with E-state index >= 15 is 0 Å². The minimum absolute atomic E-state index is 0.360. The van der Waals surface area contributed by atoms with Gasteiger partial charge in [0, 0.05) is 5.33 Å². The fraction of sp³-hybridized carbons (Fsp3) is 0.400. The maximum atomic E-state index is 12.6. The van der Waals surface area contributed by atoms with E-state index in [4.69, 9.17) is 4.74 Å². The molecule has 5 heteroatoms. The topological polar surface area (TPSA) is 9.23 Å². The summed E-state index contributed by atoms with van der Waals surface area (Å²) in [6.45, 7) is -0.617. The first kappa shape index (κ1) is 12.5. The van der Waals surface area contributed by atoms with Gasteiger partial charge in [0.05, 0.1) is 6.10 Å². The monoisotopic (exact) mass is 282 g/mol. The summed E-state index contributed by atoms with van der Waals surface area (Å²) in [5.74, 6) is -0.360. The van der Waals surface area contributed by atoms with Crippen LogP contribution < -0.4 is 0 Å². The summed E-state index contributed by atoms with van der Waals surface area (Å²) in [6, 6.07) is 5.59. The molecule has 0 aliphatic heterocycles. The van der Waals surface area contributed by atoms with Gasteiger partial charge in [0.15, 0.2) is 0 Å². The molecule has 0 bridgehead atoms. The van der Waals surface area contributed by atoms with E-state index in [1.54, 1.807) is 0 Å². The fourth-order valence-corrected chi connectivity index (χ4v) is 1.66. The number of hydrogen-bond donors (Lipinski definition) is 0. The molecule has 1 nitrogen and oxygen atoms in total. The van der Waals surface area contributed by atoms with Crippen molar-refractivity contribution >= 4 is 15.9 Å². The molecule has 1 aromatic carbocycles. The predicted octanol–water partition coefficient (Wildman–Crippen LogP) is 3.54. The molecule has 15 heavy (non-hydrogen) atoms. The van der Waals surface area contributed by atoms with Gasteiger partial charge in [-0.15, -0.1) is 0 Å². The first-order valence-corrected chi connectivity index (χ1v) is 5.47. The third-order valence-electron chi connectivity index (χ3n) is 1.81. The minimum Gasteiger partial charge on any atom is -0.367 e. The van der Waals surface area contributed by atoms with Gasteiger partial charge in [0.25, 0.3) is 6.43 Å². The molecule has 0 spiro atoms. The van der Waals surface area contributed by atoms with E-state index in [0.717, 1.165) is 0 Å². The molecule has 0 aromatic heterocycles. The largest absolute Gasteiger partial charge is 0.367 e. The lowest BCUT2D eigenvalue weighted by atomic mass is 10.1. The van der Waals surface area contributed by atoms with Gasteiger partial charge in [-0.1, -0.05) is 28.1 Å². The summed E-state index contributed by atoms with van der Waals surface area (Å²) < 4.78 is 41.4. The first-order valence-electron chi connectivity index (χ1n) is 4.34. The minimum atomic E-state index is -2.49. The van der Waals surface area contributed by atoms with Crippen molar-refractivity contribution in [2.75, 3.05) is 11.9 Å². The highest BCUT2D eigenvalue weighted by Crippen LogP contribution is 2.20. The van der Waals surface area contributed by atoms with Crippen LogP contribution in [0.5, 0.6) is 0 Å². The molecule has 0 radical (unpaired) electrons. The number of hydrogen-bond acceptors (Lipinski definition) is 1. The third-order valence-corrected chi connectivity index (χ3v) is 2.39. The van der Waals surface area contributed by atoms with Crippen molar-refractivity contribution in [3.63, 3.8) is 0 Å². The van der Waals surface area contributed by atoms with Crippen molar-refractivity contribution in [3.05, 3.63) is 35.6 Å². The van der Waals surface area contributed by atoms with Gasteiger partial charge in [-0.3, -0.25) is 0 Å². The summed E-state index contributed by atoms with van der Waals surface area (Å²) in [5.41, 5.74) is 0.675. The standard InChI is InChI=1S/C10H10BrF3O/c11-5-9(15-6-10(13)14)7-1-3-8(12)4-2-7/h1-4,9-10H,5-6H2. The molecule has 1 unspecified atom stereocenters. The summed E-state index contributed by atoms with van der Waals surface area (Å²) >= 11 is 3.16. The number of ether oxygens (including phenoxy) is 1. The smallest absolute Gasteiger partial charge is 0.261 e. The summed E-state index contributed by atoms with van der Waals surface area (Å²) in [6.07, 6.45) is -2.97. The van der Waals surface area contributed by atoms with Crippen molar-refractivity contribution in [2.24, 2.45) is 0 Å². The van der Waals surface area contributed by atoms with E-state index < -0.39 is 19.1 Å². The van der Waals surface area contributed by atoms with E-state index in [1.807, 2.05) is 0 Å². The zero-order chi connectivity index (χ0) is 11.3. The van der Waals surface area contributed by atoms with Gasteiger partial charge in [0.1, 0.15) is 12.4 Å². The fourth-order valence-electron chi connectivity index (χ4n) is 1.10. The van der Waals surface area contributed by atoms with E-state index in [9.17, 15) is 13.2 Å². The zero-order valence-electron chi connectivity index (χ0n) is 7.80. The van der Waals surface area contributed by atoms with Crippen molar-refractivity contribution < 1.29 is 17.9 Å². The maximum Gasteiger partial charge on any atom is 0.261 e. The number of rotatable bonds is 5. The maximum absolute atomic E-state index is 12.6. The van der Waals surface area contributed by atoms with E-state index in [2.05, 4.69) is 15.9 Å². The molecular weight excluding hydrogens is 273 g/mol. The first-order chi connectivity index (χ1) is 7.13. The SMILES string of the molecule is Fc1ccc(C(CBr)OCC(F)F)cc1. The van der Waals surface area contributed by atoms with Crippen molar-refractivity contribution in [2.45, 2.75) is 12.5 Å². The van der Waals surface area contributed by atoms with Crippen LogP contribution in [0.25, 0.3) is 0 Å². The van der Waals surface area contributed by atoms with Crippen LogP contribution in [0, 0.1) is 5.82 Å². The quantitative estimate of drug-likeness (QED) is 0.751. The molecule has 0 saturated carbocycles. The molecule has 0 aliphatic carbocycles. The van der Waals surface area contributed by atoms with Crippen LogP contribution >= 0.6 is 15.9 Å². The Bertz CT molecular complexity index is 289. The van der Waals surface area contributed by atoms with E-state index in [-0.39, 0.29) is 5.82 Å². The highest BCUT2D eigenvalue weighted by Gasteiger charge is 2.13. The van der Waals surface area contributed by atoms with Gasteiger partial charge in [-0.2, -0.15) is 0 Å². The molecule has 0 fully saturated rings. The average molecular weight is 283 g/mol. The van der Waals surface area contributed by atoms with Crippen molar-refractivity contribution in [1.82, 2.24) is 0 Å². The summed E-state index contributed by atoms with van der Waals surface area (Å²) in [4.78, 5) is 0. The van der Waals surface area contributed by atoms with E-state index in [1.165, 1.54) is 24.3 Å². The molecule has 1 aromatic rings. The Labute approximate surface area is 94.4 Å². The molecule has 0 N–H and O–H groups in total. The van der Waals surface area contributed by atoms with Crippen LogP contribution in [-0.4, -0.2) is 18.4 Å². The molecule has 0 aliphatic rings. The number of alkyl halides is 3. The van der Waals surface area contributed by atoms with Crippen LogP contribution in [0.4, 0.5) is 13.2 Å².